The van der Waals surface area contributed by atoms with Crippen LogP contribution in [0.4, 0.5) is 0 Å². The first kappa shape index (κ1) is 14.8. The van der Waals surface area contributed by atoms with Crippen molar-refractivity contribution >= 4 is 26.7 Å². The maximum atomic E-state index is 12.1. The average Bonchev–Trinajstić information content (AvgIpc) is 3.07. The number of pyridine rings is 1. The number of hydrogen-bond donors (Lipinski definition) is 1. The summed E-state index contributed by atoms with van der Waals surface area (Å²) in [4.78, 5) is 24.0. The molecule has 1 fully saturated rings. The number of rotatable bonds is 4. The Morgan fingerprint density at radius 2 is 2.23 bits per heavy atom. The van der Waals surface area contributed by atoms with Gasteiger partial charge in [-0.05, 0) is 18.6 Å². The SMILES string of the molecule is O=C(NCCn1ccc2ccoc2c1=O)C1CCS(=O)(=O)C1. The number of carbonyl (C=O) groups is 1. The summed E-state index contributed by atoms with van der Waals surface area (Å²) < 4.78 is 29.3. The van der Waals surface area contributed by atoms with Crippen molar-refractivity contribution in [1.82, 2.24) is 9.88 Å². The van der Waals surface area contributed by atoms with Crippen molar-refractivity contribution in [1.29, 1.82) is 0 Å². The Kier molecular flexibility index (Phi) is 3.78. The highest BCUT2D eigenvalue weighted by Gasteiger charge is 2.32. The topological polar surface area (TPSA) is 98.4 Å². The van der Waals surface area contributed by atoms with Crippen LogP contribution in [0.3, 0.4) is 0 Å². The number of furan rings is 1. The van der Waals surface area contributed by atoms with Crippen molar-refractivity contribution in [2.24, 2.45) is 5.92 Å². The van der Waals surface area contributed by atoms with Crippen molar-refractivity contribution in [3.05, 3.63) is 34.9 Å². The van der Waals surface area contributed by atoms with Crippen LogP contribution in [0.2, 0.25) is 0 Å². The van der Waals surface area contributed by atoms with Gasteiger partial charge in [0.25, 0.3) is 5.56 Å². The number of carbonyl (C=O) groups excluding carboxylic acids is 1. The van der Waals surface area contributed by atoms with Crippen LogP contribution in [0.1, 0.15) is 6.42 Å². The minimum atomic E-state index is -3.07. The van der Waals surface area contributed by atoms with Crippen molar-refractivity contribution in [2.45, 2.75) is 13.0 Å². The van der Waals surface area contributed by atoms with E-state index in [9.17, 15) is 18.0 Å². The molecule has 1 aliphatic rings. The normalized spacial score (nSPS) is 20.3. The van der Waals surface area contributed by atoms with Gasteiger partial charge in [0.05, 0.1) is 23.7 Å². The summed E-state index contributed by atoms with van der Waals surface area (Å²) in [5.41, 5.74) is 0.0379. The van der Waals surface area contributed by atoms with Crippen LogP contribution in [-0.4, -0.2) is 36.9 Å². The van der Waals surface area contributed by atoms with E-state index in [1.54, 1.807) is 18.3 Å². The van der Waals surface area contributed by atoms with Gasteiger partial charge in [-0.1, -0.05) is 0 Å². The Morgan fingerprint density at radius 3 is 2.95 bits per heavy atom. The summed E-state index contributed by atoms with van der Waals surface area (Å²) in [6, 6.07) is 3.48. The lowest BCUT2D eigenvalue weighted by Crippen LogP contribution is -2.35. The fourth-order valence-corrected chi connectivity index (χ4v) is 4.36. The molecule has 0 bridgehead atoms. The number of nitrogens with zero attached hydrogens (tertiary/aromatic N) is 1. The molecule has 0 spiro atoms. The highest BCUT2D eigenvalue weighted by atomic mass is 32.2. The van der Waals surface area contributed by atoms with Crippen LogP contribution in [-0.2, 0) is 21.2 Å². The second kappa shape index (κ2) is 5.60. The molecule has 1 amide bonds. The van der Waals surface area contributed by atoms with Gasteiger partial charge < -0.3 is 14.3 Å². The Hall–Kier alpha value is -2.09. The van der Waals surface area contributed by atoms with Crippen LogP contribution in [0, 0.1) is 5.92 Å². The van der Waals surface area contributed by atoms with Crippen molar-refractivity contribution in [3.63, 3.8) is 0 Å². The van der Waals surface area contributed by atoms with E-state index < -0.39 is 15.8 Å². The minimum absolute atomic E-state index is 0.0692. The van der Waals surface area contributed by atoms with E-state index in [0.717, 1.165) is 5.39 Å². The van der Waals surface area contributed by atoms with Gasteiger partial charge in [0.15, 0.2) is 15.4 Å². The second-order valence-electron chi connectivity index (χ2n) is 5.41. The Morgan fingerprint density at radius 1 is 1.41 bits per heavy atom. The molecule has 7 nitrogen and oxygen atoms in total. The van der Waals surface area contributed by atoms with Gasteiger partial charge in [-0.15, -0.1) is 0 Å². The molecule has 0 aliphatic carbocycles. The molecule has 8 heteroatoms. The lowest BCUT2D eigenvalue weighted by atomic mass is 10.1. The van der Waals surface area contributed by atoms with E-state index in [2.05, 4.69) is 5.32 Å². The maximum Gasteiger partial charge on any atom is 0.294 e. The van der Waals surface area contributed by atoms with Gasteiger partial charge in [0, 0.05) is 24.7 Å². The van der Waals surface area contributed by atoms with Crippen LogP contribution < -0.4 is 10.9 Å². The number of fused-ring (bicyclic) bond motifs is 1. The van der Waals surface area contributed by atoms with Gasteiger partial charge in [-0.25, -0.2) is 8.42 Å². The molecule has 3 heterocycles. The van der Waals surface area contributed by atoms with Gasteiger partial charge in [-0.3, -0.25) is 9.59 Å². The molecule has 1 saturated heterocycles. The number of hydrogen-bond acceptors (Lipinski definition) is 5. The fourth-order valence-electron chi connectivity index (χ4n) is 2.61. The van der Waals surface area contributed by atoms with Crippen molar-refractivity contribution < 1.29 is 17.6 Å². The van der Waals surface area contributed by atoms with Crippen molar-refractivity contribution in [3.8, 4) is 0 Å². The van der Waals surface area contributed by atoms with Gasteiger partial charge in [0.1, 0.15) is 0 Å². The lowest BCUT2D eigenvalue weighted by molar-refractivity contribution is -0.124. The zero-order chi connectivity index (χ0) is 15.7. The average molecular weight is 324 g/mol. The molecule has 2 aromatic heterocycles. The molecule has 1 N–H and O–H groups in total. The minimum Gasteiger partial charge on any atom is -0.459 e. The largest absolute Gasteiger partial charge is 0.459 e. The third kappa shape index (κ3) is 2.92. The van der Waals surface area contributed by atoms with Gasteiger partial charge in [0.2, 0.25) is 5.91 Å². The van der Waals surface area contributed by atoms with E-state index in [1.165, 1.54) is 10.8 Å². The highest BCUT2D eigenvalue weighted by Crippen LogP contribution is 2.18. The molecular weight excluding hydrogens is 308 g/mol. The summed E-state index contributed by atoms with van der Waals surface area (Å²) in [7, 11) is -3.07. The first-order chi connectivity index (χ1) is 10.5. The smallest absolute Gasteiger partial charge is 0.294 e. The lowest BCUT2D eigenvalue weighted by Gasteiger charge is -2.10. The molecular formula is C14H16N2O5S. The first-order valence-electron chi connectivity index (χ1n) is 7.01. The number of aromatic nitrogens is 1. The maximum absolute atomic E-state index is 12.1. The number of amides is 1. The zero-order valence-corrected chi connectivity index (χ0v) is 12.6. The molecule has 118 valence electrons. The summed E-state index contributed by atoms with van der Waals surface area (Å²) >= 11 is 0. The third-order valence-electron chi connectivity index (χ3n) is 3.84. The molecule has 1 unspecified atom stereocenters. The van der Waals surface area contributed by atoms with Crippen LogP contribution >= 0.6 is 0 Å². The quantitative estimate of drug-likeness (QED) is 0.863. The van der Waals surface area contributed by atoms with E-state index in [4.69, 9.17) is 4.42 Å². The Labute approximate surface area is 126 Å². The predicted molar refractivity (Wildman–Crippen MR) is 80.2 cm³/mol. The molecule has 0 aromatic carbocycles. The third-order valence-corrected chi connectivity index (χ3v) is 5.61. The highest BCUT2D eigenvalue weighted by molar-refractivity contribution is 7.91. The zero-order valence-electron chi connectivity index (χ0n) is 11.8. The molecule has 3 rings (SSSR count). The summed E-state index contributed by atoms with van der Waals surface area (Å²) in [5.74, 6) is -0.765. The summed E-state index contributed by atoms with van der Waals surface area (Å²) in [6.07, 6.45) is 3.47. The molecule has 0 saturated carbocycles. The summed E-state index contributed by atoms with van der Waals surface area (Å²) in [6.45, 7) is 0.572. The Bertz CT molecular complexity index is 865. The van der Waals surface area contributed by atoms with E-state index in [-0.39, 0.29) is 35.1 Å². The van der Waals surface area contributed by atoms with Crippen LogP contribution in [0.25, 0.3) is 11.0 Å². The Balaban J connectivity index is 1.59. The van der Waals surface area contributed by atoms with E-state index >= 15 is 0 Å². The summed E-state index contributed by atoms with van der Waals surface area (Å²) in [5, 5.41) is 3.42. The number of sulfone groups is 1. The van der Waals surface area contributed by atoms with Crippen molar-refractivity contribution in [2.75, 3.05) is 18.1 Å². The molecule has 22 heavy (non-hydrogen) atoms. The number of nitrogens with one attached hydrogen (secondary N) is 1. The predicted octanol–water partition coefficient (Wildman–Crippen LogP) is 0.145. The van der Waals surface area contributed by atoms with Crippen LogP contribution in [0.15, 0.2) is 33.8 Å². The molecule has 1 aliphatic heterocycles. The second-order valence-corrected chi connectivity index (χ2v) is 7.64. The molecule has 0 radical (unpaired) electrons. The van der Waals surface area contributed by atoms with E-state index in [1.807, 2.05) is 0 Å². The molecule has 2 aromatic rings. The first-order valence-corrected chi connectivity index (χ1v) is 8.83. The standard InChI is InChI=1S/C14H16N2O5S/c17-13(11-3-8-22(19,20)9-11)15-4-6-16-5-1-10-2-7-21-12(10)14(16)18/h1-2,5,7,11H,3-4,6,8-9H2,(H,15,17). The van der Waals surface area contributed by atoms with Gasteiger partial charge in [-0.2, -0.15) is 0 Å². The molecule has 1 atom stereocenters. The van der Waals surface area contributed by atoms with Gasteiger partial charge >= 0.3 is 0 Å². The monoisotopic (exact) mass is 324 g/mol. The van der Waals surface area contributed by atoms with Crippen LogP contribution in [0.5, 0.6) is 0 Å². The fraction of sp³-hybridized carbons (Fsp3) is 0.429. The van der Waals surface area contributed by atoms with E-state index in [0.29, 0.717) is 13.0 Å².